The molecule has 0 aliphatic heterocycles. The summed E-state index contributed by atoms with van der Waals surface area (Å²) in [5.41, 5.74) is 6.80. The van der Waals surface area contributed by atoms with Crippen molar-refractivity contribution in [1.29, 1.82) is 0 Å². The van der Waals surface area contributed by atoms with Crippen molar-refractivity contribution >= 4 is 5.91 Å². The van der Waals surface area contributed by atoms with E-state index >= 15 is 0 Å². The number of hydrogen-bond donors (Lipinski definition) is 2. The maximum atomic E-state index is 12.0. The highest BCUT2D eigenvalue weighted by Gasteiger charge is 2.27. The summed E-state index contributed by atoms with van der Waals surface area (Å²) in [6.45, 7) is 4.58. The van der Waals surface area contributed by atoms with Crippen LogP contribution in [0.1, 0.15) is 38.4 Å². The van der Waals surface area contributed by atoms with E-state index in [1.54, 1.807) is 0 Å². The molecule has 3 N–H and O–H groups in total. The number of carbonyl (C=O) groups excluding carboxylic acids is 1. The van der Waals surface area contributed by atoms with Crippen LogP contribution in [0.2, 0.25) is 0 Å². The number of rotatable bonds is 6. The molecule has 1 amide bonds. The van der Waals surface area contributed by atoms with Gasteiger partial charge in [-0.1, -0.05) is 0 Å². The summed E-state index contributed by atoms with van der Waals surface area (Å²) in [4.78, 5) is 16.2. The lowest BCUT2D eigenvalue weighted by Gasteiger charge is -2.17. The first-order valence-electron chi connectivity index (χ1n) is 6.63. The molecule has 1 unspecified atom stereocenters. The largest absolute Gasteiger partial charge is 0.353 e. The second-order valence-electron chi connectivity index (χ2n) is 5.31. The molecule has 100 valence electrons. The summed E-state index contributed by atoms with van der Waals surface area (Å²) in [6.07, 6.45) is 6.51. The average Bonchev–Trinajstić information content (AvgIpc) is 3.01. The van der Waals surface area contributed by atoms with E-state index in [-0.39, 0.29) is 11.8 Å². The Labute approximate surface area is 108 Å². The third kappa shape index (κ3) is 3.10. The van der Waals surface area contributed by atoms with Crippen LogP contribution in [-0.2, 0) is 11.2 Å². The normalized spacial score (nSPS) is 16.9. The van der Waals surface area contributed by atoms with E-state index in [0.717, 1.165) is 18.5 Å². The van der Waals surface area contributed by atoms with Crippen molar-refractivity contribution in [3.05, 3.63) is 18.2 Å². The van der Waals surface area contributed by atoms with Crippen molar-refractivity contribution in [2.24, 2.45) is 11.7 Å². The number of carbonyl (C=O) groups is 1. The molecule has 1 heterocycles. The molecule has 1 atom stereocenters. The van der Waals surface area contributed by atoms with Gasteiger partial charge in [0.25, 0.3) is 0 Å². The van der Waals surface area contributed by atoms with Gasteiger partial charge in [0.1, 0.15) is 0 Å². The van der Waals surface area contributed by atoms with Gasteiger partial charge >= 0.3 is 0 Å². The Bertz CT molecular complexity index is 409. The third-order valence-electron chi connectivity index (χ3n) is 3.34. The predicted octanol–water partition coefficient (Wildman–Crippen LogP) is 0.860. The number of nitrogens with two attached hydrogens (primary N) is 1. The number of amides is 1. The van der Waals surface area contributed by atoms with Gasteiger partial charge in [-0.2, -0.15) is 0 Å². The smallest absolute Gasteiger partial charge is 0.224 e. The molecular formula is C13H22N4O. The molecule has 1 aliphatic carbocycles. The van der Waals surface area contributed by atoms with Gasteiger partial charge in [0.15, 0.2) is 0 Å². The molecule has 1 aromatic heterocycles. The summed E-state index contributed by atoms with van der Waals surface area (Å²) < 4.78 is 2.09. The number of nitrogens with one attached hydrogen (secondary N) is 1. The average molecular weight is 250 g/mol. The van der Waals surface area contributed by atoms with Gasteiger partial charge in [-0.05, 0) is 26.7 Å². The molecule has 1 saturated carbocycles. The first kappa shape index (κ1) is 13.1. The molecule has 0 bridgehead atoms. The third-order valence-corrected chi connectivity index (χ3v) is 3.34. The fourth-order valence-corrected chi connectivity index (χ4v) is 2.04. The van der Waals surface area contributed by atoms with Crippen molar-refractivity contribution in [2.75, 3.05) is 6.54 Å². The minimum Gasteiger partial charge on any atom is -0.353 e. The highest BCUT2D eigenvalue weighted by molar-refractivity contribution is 5.79. The van der Waals surface area contributed by atoms with Crippen molar-refractivity contribution in [3.8, 4) is 0 Å². The maximum absolute atomic E-state index is 12.0. The number of hydrogen-bond acceptors (Lipinski definition) is 3. The summed E-state index contributed by atoms with van der Waals surface area (Å²) >= 11 is 0. The minimum atomic E-state index is -0.153. The molecule has 2 rings (SSSR count). The lowest BCUT2D eigenvalue weighted by molar-refractivity contribution is -0.124. The molecule has 1 aromatic rings. The fraction of sp³-hybridized carbons (Fsp3) is 0.692. The van der Waals surface area contributed by atoms with E-state index in [1.165, 1.54) is 0 Å². The summed E-state index contributed by atoms with van der Waals surface area (Å²) in [6, 6.07) is 0.744. The monoisotopic (exact) mass is 250 g/mol. The zero-order valence-corrected chi connectivity index (χ0v) is 11.1. The Kier molecular flexibility index (Phi) is 4.01. The Morgan fingerprint density at radius 2 is 2.33 bits per heavy atom. The standard InChI is InChI=1S/C13H22N4O/c1-9(2)17-8-15-7-12(17)5-10(6-14)13(18)16-11-3-4-11/h7-11H,3-6,14H2,1-2H3,(H,16,18). The zero-order valence-electron chi connectivity index (χ0n) is 11.1. The van der Waals surface area contributed by atoms with E-state index in [1.807, 2.05) is 12.5 Å². The second kappa shape index (κ2) is 5.52. The van der Waals surface area contributed by atoms with Crippen LogP contribution in [0, 0.1) is 5.92 Å². The van der Waals surface area contributed by atoms with Gasteiger partial charge in [-0.3, -0.25) is 4.79 Å². The maximum Gasteiger partial charge on any atom is 0.224 e. The SMILES string of the molecule is CC(C)n1cncc1CC(CN)C(=O)NC1CC1. The van der Waals surface area contributed by atoms with Crippen LogP contribution < -0.4 is 11.1 Å². The highest BCUT2D eigenvalue weighted by atomic mass is 16.2. The molecule has 0 radical (unpaired) electrons. The van der Waals surface area contributed by atoms with Crippen LogP contribution in [0.5, 0.6) is 0 Å². The van der Waals surface area contributed by atoms with Crippen LogP contribution in [0.15, 0.2) is 12.5 Å². The first-order valence-corrected chi connectivity index (χ1v) is 6.63. The lowest BCUT2D eigenvalue weighted by Crippen LogP contribution is -2.37. The van der Waals surface area contributed by atoms with E-state index in [4.69, 9.17) is 5.73 Å². The van der Waals surface area contributed by atoms with E-state index in [0.29, 0.717) is 25.0 Å². The molecule has 0 aromatic carbocycles. The Balaban J connectivity index is 1.99. The number of imidazole rings is 1. The molecule has 18 heavy (non-hydrogen) atoms. The van der Waals surface area contributed by atoms with Gasteiger partial charge in [-0.15, -0.1) is 0 Å². The van der Waals surface area contributed by atoms with Crippen LogP contribution >= 0.6 is 0 Å². The van der Waals surface area contributed by atoms with Crippen molar-refractivity contribution in [2.45, 2.75) is 45.2 Å². The van der Waals surface area contributed by atoms with Gasteiger partial charge < -0.3 is 15.6 Å². The Morgan fingerprint density at radius 3 is 2.89 bits per heavy atom. The quantitative estimate of drug-likeness (QED) is 0.786. The molecule has 1 aliphatic rings. The lowest BCUT2D eigenvalue weighted by atomic mass is 10.0. The molecule has 0 saturated heterocycles. The summed E-state index contributed by atoms with van der Waals surface area (Å²) in [5, 5.41) is 3.02. The molecule has 1 fully saturated rings. The highest BCUT2D eigenvalue weighted by Crippen LogP contribution is 2.20. The van der Waals surface area contributed by atoms with Gasteiger partial charge in [0, 0.05) is 36.9 Å². The predicted molar refractivity (Wildman–Crippen MR) is 70.0 cm³/mol. The van der Waals surface area contributed by atoms with Gasteiger partial charge in [0.05, 0.1) is 12.2 Å². The summed E-state index contributed by atoms with van der Waals surface area (Å²) in [5.74, 6) is -0.0729. The van der Waals surface area contributed by atoms with Crippen LogP contribution in [0.25, 0.3) is 0 Å². The zero-order chi connectivity index (χ0) is 13.1. The van der Waals surface area contributed by atoms with E-state index in [9.17, 15) is 4.79 Å². The Morgan fingerprint density at radius 1 is 1.61 bits per heavy atom. The fourth-order valence-electron chi connectivity index (χ4n) is 2.04. The number of nitrogens with zero attached hydrogens (tertiary/aromatic N) is 2. The summed E-state index contributed by atoms with van der Waals surface area (Å²) in [7, 11) is 0. The topological polar surface area (TPSA) is 72.9 Å². The first-order chi connectivity index (χ1) is 8.61. The second-order valence-corrected chi connectivity index (χ2v) is 5.31. The Hall–Kier alpha value is -1.36. The van der Waals surface area contributed by atoms with Crippen molar-refractivity contribution in [3.63, 3.8) is 0 Å². The minimum absolute atomic E-state index is 0.0801. The van der Waals surface area contributed by atoms with Crippen LogP contribution in [0.4, 0.5) is 0 Å². The van der Waals surface area contributed by atoms with E-state index < -0.39 is 0 Å². The molecule has 0 spiro atoms. The van der Waals surface area contributed by atoms with Gasteiger partial charge in [0.2, 0.25) is 5.91 Å². The number of aromatic nitrogens is 2. The van der Waals surface area contributed by atoms with Crippen LogP contribution in [0.3, 0.4) is 0 Å². The van der Waals surface area contributed by atoms with Gasteiger partial charge in [-0.25, -0.2) is 4.98 Å². The van der Waals surface area contributed by atoms with Crippen molar-refractivity contribution < 1.29 is 4.79 Å². The van der Waals surface area contributed by atoms with Crippen molar-refractivity contribution in [1.82, 2.24) is 14.9 Å². The molecule has 5 nitrogen and oxygen atoms in total. The van der Waals surface area contributed by atoms with Crippen LogP contribution in [-0.4, -0.2) is 28.0 Å². The van der Waals surface area contributed by atoms with E-state index in [2.05, 4.69) is 28.7 Å². The molecular weight excluding hydrogens is 228 g/mol. The molecule has 5 heteroatoms.